The number of nitrogens with zero attached hydrogens (tertiary/aromatic N) is 1. The lowest BCUT2D eigenvalue weighted by Gasteiger charge is -2.29. The molecule has 0 bridgehead atoms. The molecule has 144 valence electrons. The van der Waals surface area contributed by atoms with Gasteiger partial charge >= 0.3 is 0 Å². The molecular weight excluding hydrogens is 344 g/mol. The highest BCUT2D eigenvalue weighted by Crippen LogP contribution is 2.30. The SMILES string of the molecule is CC[C@@H]1CNC[C@@H]1NCc1cccc2c1C(=O)N(C1CCC(=O)NC1=O)C2. The average molecular weight is 370 g/mol. The molecule has 27 heavy (non-hydrogen) atoms. The first-order valence-corrected chi connectivity index (χ1v) is 9.78. The van der Waals surface area contributed by atoms with Gasteiger partial charge in [0.25, 0.3) is 5.91 Å². The number of amides is 3. The molecule has 1 aromatic rings. The quantitative estimate of drug-likeness (QED) is 0.658. The first-order chi connectivity index (χ1) is 13.1. The molecule has 3 aliphatic heterocycles. The highest BCUT2D eigenvalue weighted by molar-refractivity contribution is 6.05. The van der Waals surface area contributed by atoms with E-state index in [1.54, 1.807) is 4.90 Å². The first kappa shape index (κ1) is 18.1. The summed E-state index contributed by atoms with van der Waals surface area (Å²) in [6.45, 7) is 5.25. The third-order valence-corrected chi connectivity index (χ3v) is 6.06. The summed E-state index contributed by atoms with van der Waals surface area (Å²) in [6, 6.07) is 5.76. The molecule has 3 aliphatic rings. The number of rotatable bonds is 5. The molecule has 7 heteroatoms. The van der Waals surface area contributed by atoms with Crippen molar-refractivity contribution in [1.29, 1.82) is 0 Å². The van der Waals surface area contributed by atoms with Gasteiger partial charge in [0.15, 0.2) is 0 Å². The Morgan fingerprint density at radius 2 is 2.07 bits per heavy atom. The summed E-state index contributed by atoms with van der Waals surface area (Å²) < 4.78 is 0. The molecule has 3 N–H and O–H groups in total. The Balaban J connectivity index is 1.50. The normalized spacial score (nSPS) is 27.8. The van der Waals surface area contributed by atoms with Crippen molar-refractivity contribution in [3.05, 3.63) is 34.9 Å². The van der Waals surface area contributed by atoms with Gasteiger partial charge in [-0.2, -0.15) is 0 Å². The van der Waals surface area contributed by atoms with E-state index >= 15 is 0 Å². The van der Waals surface area contributed by atoms with Crippen molar-refractivity contribution in [2.45, 2.75) is 51.4 Å². The van der Waals surface area contributed by atoms with Gasteiger partial charge in [0, 0.05) is 37.7 Å². The summed E-state index contributed by atoms with van der Waals surface area (Å²) in [5, 5.41) is 9.37. The zero-order valence-electron chi connectivity index (χ0n) is 15.6. The molecule has 3 atom stereocenters. The number of nitrogens with one attached hydrogen (secondary N) is 3. The van der Waals surface area contributed by atoms with Gasteiger partial charge in [-0.25, -0.2) is 0 Å². The van der Waals surface area contributed by atoms with Crippen molar-refractivity contribution < 1.29 is 14.4 Å². The van der Waals surface area contributed by atoms with E-state index in [9.17, 15) is 14.4 Å². The molecule has 0 aromatic heterocycles. The highest BCUT2D eigenvalue weighted by Gasteiger charge is 2.40. The average Bonchev–Trinajstić information content (AvgIpc) is 3.24. The number of benzene rings is 1. The number of carbonyl (C=O) groups is 3. The van der Waals surface area contributed by atoms with Gasteiger partial charge in [-0.15, -0.1) is 0 Å². The maximum atomic E-state index is 13.1. The summed E-state index contributed by atoms with van der Waals surface area (Å²) in [7, 11) is 0. The zero-order chi connectivity index (χ0) is 19.0. The van der Waals surface area contributed by atoms with Crippen molar-refractivity contribution >= 4 is 17.7 Å². The maximum absolute atomic E-state index is 13.1. The van der Waals surface area contributed by atoms with E-state index in [-0.39, 0.29) is 24.1 Å². The molecule has 3 amide bonds. The summed E-state index contributed by atoms with van der Waals surface area (Å²) in [5.41, 5.74) is 2.66. The number of imide groups is 1. The number of hydrogen-bond donors (Lipinski definition) is 3. The van der Waals surface area contributed by atoms with E-state index in [0.29, 0.717) is 37.0 Å². The Morgan fingerprint density at radius 3 is 2.85 bits per heavy atom. The minimum absolute atomic E-state index is 0.103. The van der Waals surface area contributed by atoms with E-state index in [4.69, 9.17) is 0 Å². The van der Waals surface area contributed by atoms with E-state index < -0.39 is 6.04 Å². The molecule has 0 saturated carbocycles. The van der Waals surface area contributed by atoms with Gasteiger partial charge in [-0.1, -0.05) is 31.5 Å². The Kier molecular flexibility index (Phi) is 4.97. The van der Waals surface area contributed by atoms with E-state index in [1.165, 1.54) is 0 Å². The lowest BCUT2D eigenvalue weighted by Crippen LogP contribution is -2.52. The van der Waals surface area contributed by atoms with Crippen molar-refractivity contribution in [2.24, 2.45) is 5.92 Å². The van der Waals surface area contributed by atoms with E-state index in [2.05, 4.69) is 22.9 Å². The molecule has 2 fully saturated rings. The van der Waals surface area contributed by atoms with Crippen LogP contribution in [0.25, 0.3) is 0 Å². The summed E-state index contributed by atoms with van der Waals surface area (Å²) in [6.07, 6.45) is 1.79. The first-order valence-electron chi connectivity index (χ1n) is 9.78. The van der Waals surface area contributed by atoms with Crippen LogP contribution in [-0.2, 0) is 22.7 Å². The largest absolute Gasteiger partial charge is 0.322 e. The smallest absolute Gasteiger partial charge is 0.255 e. The minimum Gasteiger partial charge on any atom is -0.322 e. The number of fused-ring (bicyclic) bond motifs is 1. The number of carbonyl (C=O) groups excluding carboxylic acids is 3. The fourth-order valence-electron chi connectivity index (χ4n) is 4.48. The molecule has 2 saturated heterocycles. The Morgan fingerprint density at radius 1 is 1.22 bits per heavy atom. The van der Waals surface area contributed by atoms with E-state index in [1.807, 2.05) is 18.2 Å². The van der Waals surface area contributed by atoms with Gasteiger partial charge < -0.3 is 15.5 Å². The molecule has 0 aliphatic carbocycles. The molecule has 3 heterocycles. The second kappa shape index (κ2) is 7.40. The van der Waals surface area contributed by atoms with Crippen LogP contribution >= 0.6 is 0 Å². The standard InChI is InChI=1S/C20H26N4O3/c1-2-12-8-21-10-15(12)22-9-13-4-3-5-14-11-24(20(27)18(13)14)16-6-7-17(25)23-19(16)26/h3-5,12,15-16,21-22H,2,6-11H2,1H3,(H,23,25,26)/t12-,15+,16?/m1/s1. The molecule has 4 rings (SSSR count). The summed E-state index contributed by atoms with van der Waals surface area (Å²) >= 11 is 0. The predicted molar refractivity (Wildman–Crippen MR) is 99.8 cm³/mol. The zero-order valence-corrected chi connectivity index (χ0v) is 15.6. The lowest BCUT2D eigenvalue weighted by atomic mass is 9.99. The fraction of sp³-hybridized carbons (Fsp3) is 0.550. The van der Waals surface area contributed by atoms with Gasteiger partial charge in [0.2, 0.25) is 11.8 Å². The maximum Gasteiger partial charge on any atom is 0.255 e. The number of hydrogen-bond acceptors (Lipinski definition) is 5. The molecule has 1 unspecified atom stereocenters. The van der Waals surface area contributed by atoms with Crippen LogP contribution in [0.3, 0.4) is 0 Å². The summed E-state index contributed by atoms with van der Waals surface area (Å²) in [4.78, 5) is 38.3. The Hall–Kier alpha value is -2.25. The van der Waals surface area contributed by atoms with Crippen LogP contribution in [0.1, 0.15) is 47.7 Å². The van der Waals surface area contributed by atoms with Crippen LogP contribution in [0.2, 0.25) is 0 Å². The second-order valence-electron chi connectivity index (χ2n) is 7.67. The van der Waals surface area contributed by atoms with Crippen LogP contribution in [0.15, 0.2) is 18.2 Å². The van der Waals surface area contributed by atoms with Crippen molar-refractivity contribution in [2.75, 3.05) is 13.1 Å². The molecule has 7 nitrogen and oxygen atoms in total. The van der Waals surface area contributed by atoms with Crippen molar-refractivity contribution in [3.8, 4) is 0 Å². The highest BCUT2D eigenvalue weighted by atomic mass is 16.2. The van der Waals surface area contributed by atoms with Crippen molar-refractivity contribution in [3.63, 3.8) is 0 Å². The topological polar surface area (TPSA) is 90.5 Å². The van der Waals surface area contributed by atoms with Gasteiger partial charge in [-0.3, -0.25) is 19.7 Å². The molecule has 0 spiro atoms. The van der Waals surface area contributed by atoms with Crippen LogP contribution in [0.5, 0.6) is 0 Å². The Bertz CT molecular complexity index is 778. The van der Waals surface area contributed by atoms with E-state index in [0.717, 1.165) is 30.6 Å². The predicted octanol–water partition coefficient (Wildman–Crippen LogP) is 0.535. The van der Waals surface area contributed by atoms with Gasteiger partial charge in [0.05, 0.1) is 0 Å². The third kappa shape index (κ3) is 3.37. The lowest BCUT2D eigenvalue weighted by molar-refractivity contribution is -0.136. The van der Waals surface area contributed by atoms with Gasteiger partial charge in [0.1, 0.15) is 6.04 Å². The second-order valence-corrected chi connectivity index (χ2v) is 7.67. The molecular formula is C20H26N4O3. The van der Waals surface area contributed by atoms with Crippen LogP contribution in [-0.4, -0.2) is 47.8 Å². The van der Waals surface area contributed by atoms with Crippen LogP contribution in [0, 0.1) is 5.92 Å². The van der Waals surface area contributed by atoms with Gasteiger partial charge in [-0.05, 0) is 30.0 Å². The Labute approximate surface area is 158 Å². The number of piperidine rings is 1. The summed E-state index contributed by atoms with van der Waals surface area (Å²) in [5.74, 6) is -0.123. The third-order valence-electron chi connectivity index (χ3n) is 6.06. The monoisotopic (exact) mass is 370 g/mol. The van der Waals surface area contributed by atoms with Crippen LogP contribution < -0.4 is 16.0 Å². The minimum atomic E-state index is -0.563. The van der Waals surface area contributed by atoms with Crippen molar-refractivity contribution in [1.82, 2.24) is 20.9 Å². The van der Waals surface area contributed by atoms with Crippen LogP contribution in [0.4, 0.5) is 0 Å². The molecule has 1 aromatic carbocycles. The fourth-order valence-corrected chi connectivity index (χ4v) is 4.48. The molecule has 0 radical (unpaired) electrons.